The van der Waals surface area contributed by atoms with Gasteiger partial charge in [0.15, 0.2) is 0 Å². The highest BCUT2D eigenvalue weighted by Crippen LogP contribution is 2.13. The molecular formula is C14H32N2O4Si. The number of nitrogens with zero attached hydrogens (tertiary/aromatic N) is 2. The van der Waals surface area contributed by atoms with Gasteiger partial charge in [-0.2, -0.15) is 0 Å². The van der Waals surface area contributed by atoms with E-state index in [1.165, 1.54) is 0 Å². The van der Waals surface area contributed by atoms with Crippen LogP contribution >= 0.6 is 0 Å². The molecule has 6 nitrogen and oxygen atoms in total. The van der Waals surface area contributed by atoms with Crippen molar-refractivity contribution in [3.05, 3.63) is 0 Å². The summed E-state index contributed by atoms with van der Waals surface area (Å²) in [6.45, 7) is 8.01. The van der Waals surface area contributed by atoms with Crippen LogP contribution in [0.15, 0.2) is 0 Å². The Hall–Kier alpha value is -0.0231. The molecule has 7 heteroatoms. The average molecular weight is 321 g/mol. The lowest BCUT2D eigenvalue weighted by Crippen LogP contribution is -2.47. The van der Waals surface area contributed by atoms with Crippen molar-refractivity contribution in [1.29, 1.82) is 0 Å². The van der Waals surface area contributed by atoms with Crippen molar-refractivity contribution in [2.75, 3.05) is 67.2 Å². The van der Waals surface area contributed by atoms with Crippen LogP contribution in [0.5, 0.6) is 0 Å². The third kappa shape index (κ3) is 7.69. The van der Waals surface area contributed by atoms with Gasteiger partial charge in [0.2, 0.25) is 0 Å². The molecule has 1 aliphatic heterocycles. The van der Waals surface area contributed by atoms with Crippen molar-refractivity contribution in [1.82, 2.24) is 9.80 Å². The standard InChI is InChI=1S/C14H32N2O4Si/c1-15-6-8-16(9-7-15)12-14(17)13-20-10-5-11-21(4,18-2)19-3/h14,17H,5-13H2,1-4H3. The highest BCUT2D eigenvalue weighted by atomic mass is 28.4. The first kappa shape index (κ1) is 19.0. The Morgan fingerprint density at radius 2 is 1.76 bits per heavy atom. The lowest BCUT2D eigenvalue weighted by molar-refractivity contribution is 0.00873. The van der Waals surface area contributed by atoms with E-state index in [0.717, 1.165) is 38.6 Å². The molecule has 1 heterocycles. The zero-order chi connectivity index (χ0) is 15.7. The first-order valence-electron chi connectivity index (χ1n) is 7.76. The van der Waals surface area contributed by atoms with Crippen LogP contribution in [0.2, 0.25) is 12.6 Å². The molecule has 1 fully saturated rings. The summed E-state index contributed by atoms with van der Waals surface area (Å²) in [7, 11) is 3.57. The molecule has 0 aliphatic carbocycles. The van der Waals surface area contributed by atoms with Gasteiger partial charge in [-0.3, -0.25) is 4.90 Å². The van der Waals surface area contributed by atoms with Gasteiger partial charge in [0, 0.05) is 53.6 Å². The van der Waals surface area contributed by atoms with Crippen LogP contribution in [0.1, 0.15) is 6.42 Å². The number of ether oxygens (including phenoxy) is 1. The molecule has 1 saturated heterocycles. The summed E-state index contributed by atoms with van der Waals surface area (Å²) in [6, 6.07) is 0.911. The van der Waals surface area contributed by atoms with Crippen molar-refractivity contribution in [2.45, 2.75) is 25.1 Å². The molecule has 1 N–H and O–H groups in total. The van der Waals surface area contributed by atoms with Gasteiger partial charge in [-0.1, -0.05) is 0 Å². The number of β-amino-alcohol motifs (C(OH)–C–C–N with tert-alkyl or cyclic N) is 1. The number of aliphatic hydroxyl groups excluding tert-OH is 1. The Bertz CT molecular complexity index is 272. The van der Waals surface area contributed by atoms with Crippen LogP contribution in [-0.2, 0) is 13.6 Å². The first-order valence-corrected chi connectivity index (χ1v) is 10.3. The van der Waals surface area contributed by atoms with E-state index in [-0.39, 0.29) is 0 Å². The van der Waals surface area contributed by atoms with Crippen LogP contribution < -0.4 is 0 Å². The van der Waals surface area contributed by atoms with E-state index in [9.17, 15) is 5.11 Å². The molecule has 0 aromatic carbocycles. The summed E-state index contributed by atoms with van der Waals surface area (Å²) in [6.07, 6.45) is 0.507. The van der Waals surface area contributed by atoms with Gasteiger partial charge in [0.05, 0.1) is 12.7 Å². The van der Waals surface area contributed by atoms with E-state index in [1.54, 1.807) is 14.2 Å². The summed E-state index contributed by atoms with van der Waals surface area (Å²) in [5.41, 5.74) is 0. The van der Waals surface area contributed by atoms with Crippen molar-refractivity contribution in [3.8, 4) is 0 Å². The highest BCUT2D eigenvalue weighted by Gasteiger charge is 2.27. The Kier molecular flexibility index (Phi) is 8.96. The third-order valence-electron chi connectivity index (χ3n) is 4.16. The Labute approximate surface area is 130 Å². The molecule has 0 saturated carbocycles. The average Bonchev–Trinajstić information content (AvgIpc) is 2.49. The van der Waals surface area contributed by atoms with Gasteiger partial charge in [-0.05, 0) is 26.1 Å². The minimum absolute atomic E-state index is 0.401. The topological polar surface area (TPSA) is 54.4 Å². The predicted octanol–water partition coefficient (Wildman–Crippen LogP) is 0.366. The highest BCUT2D eigenvalue weighted by molar-refractivity contribution is 6.65. The minimum Gasteiger partial charge on any atom is -0.398 e. The van der Waals surface area contributed by atoms with Gasteiger partial charge in [0.25, 0.3) is 0 Å². The number of aliphatic hydroxyl groups is 1. The predicted molar refractivity (Wildman–Crippen MR) is 85.8 cm³/mol. The van der Waals surface area contributed by atoms with Gasteiger partial charge < -0.3 is 23.6 Å². The van der Waals surface area contributed by atoms with Crippen LogP contribution in [0.4, 0.5) is 0 Å². The van der Waals surface area contributed by atoms with Crippen molar-refractivity contribution >= 4 is 8.56 Å². The number of hydrogen-bond acceptors (Lipinski definition) is 6. The molecule has 1 rings (SSSR count). The number of piperazine rings is 1. The number of likely N-dealkylation sites (N-methyl/N-ethyl adjacent to an activating group) is 1. The summed E-state index contributed by atoms with van der Waals surface area (Å²) in [5.74, 6) is 0. The molecule has 126 valence electrons. The second-order valence-electron chi connectivity index (χ2n) is 5.98. The van der Waals surface area contributed by atoms with E-state index in [4.69, 9.17) is 13.6 Å². The van der Waals surface area contributed by atoms with Gasteiger partial charge in [-0.25, -0.2) is 0 Å². The lowest BCUT2D eigenvalue weighted by Gasteiger charge is -2.33. The molecule has 0 amide bonds. The minimum atomic E-state index is -1.97. The second kappa shape index (κ2) is 9.89. The third-order valence-corrected chi connectivity index (χ3v) is 7.15. The maximum Gasteiger partial charge on any atom is 0.334 e. The van der Waals surface area contributed by atoms with Crippen LogP contribution in [0.3, 0.4) is 0 Å². The van der Waals surface area contributed by atoms with Crippen LogP contribution in [0, 0.1) is 0 Å². The molecule has 1 atom stereocenters. The largest absolute Gasteiger partial charge is 0.398 e. The maximum absolute atomic E-state index is 10.00. The normalized spacial score (nSPS) is 19.9. The Morgan fingerprint density at radius 3 is 2.33 bits per heavy atom. The monoisotopic (exact) mass is 320 g/mol. The summed E-state index contributed by atoms with van der Waals surface area (Å²) < 4.78 is 16.4. The number of hydrogen-bond donors (Lipinski definition) is 1. The lowest BCUT2D eigenvalue weighted by atomic mass is 10.3. The maximum atomic E-state index is 10.00. The summed E-state index contributed by atoms with van der Waals surface area (Å²) in [5, 5.41) is 10.00. The van der Waals surface area contributed by atoms with E-state index in [0.29, 0.717) is 19.8 Å². The second-order valence-corrected chi connectivity index (χ2v) is 9.56. The van der Waals surface area contributed by atoms with Gasteiger partial charge in [-0.15, -0.1) is 0 Å². The molecule has 21 heavy (non-hydrogen) atoms. The molecule has 0 aromatic rings. The molecule has 0 radical (unpaired) electrons. The summed E-state index contributed by atoms with van der Waals surface area (Å²) in [4.78, 5) is 4.61. The molecule has 0 bridgehead atoms. The van der Waals surface area contributed by atoms with Crippen molar-refractivity contribution < 1.29 is 18.7 Å². The van der Waals surface area contributed by atoms with E-state index >= 15 is 0 Å². The zero-order valence-electron chi connectivity index (χ0n) is 14.0. The van der Waals surface area contributed by atoms with Crippen molar-refractivity contribution in [2.24, 2.45) is 0 Å². The number of rotatable bonds is 10. The fraction of sp³-hybridized carbons (Fsp3) is 1.00. The van der Waals surface area contributed by atoms with Crippen LogP contribution in [-0.4, -0.2) is 96.8 Å². The first-order chi connectivity index (χ1) is 9.99. The molecule has 0 spiro atoms. The quantitative estimate of drug-likeness (QED) is 0.463. The van der Waals surface area contributed by atoms with E-state index in [1.807, 2.05) is 0 Å². The SMILES string of the molecule is CO[Si](C)(CCCOCC(O)CN1CCN(C)CC1)OC. The molecule has 0 aromatic heterocycles. The van der Waals surface area contributed by atoms with E-state index in [2.05, 4.69) is 23.4 Å². The zero-order valence-corrected chi connectivity index (χ0v) is 15.0. The molecule has 1 unspecified atom stereocenters. The van der Waals surface area contributed by atoms with Gasteiger partial charge in [0.1, 0.15) is 0 Å². The van der Waals surface area contributed by atoms with E-state index < -0.39 is 14.7 Å². The Morgan fingerprint density at radius 1 is 1.14 bits per heavy atom. The fourth-order valence-corrected chi connectivity index (χ4v) is 3.74. The smallest absolute Gasteiger partial charge is 0.334 e. The molecule has 1 aliphatic rings. The van der Waals surface area contributed by atoms with Crippen molar-refractivity contribution in [3.63, 3.8) is 0 Å². The fourth-order valence-electron chi connectivity index (χ4n) is 2.38. The van der Waals surface area contributed by atoms with Gasteiger partial charge >= 0.3 is 8.56 Å². The Balaban J connectivity index is 2.04. The van der Waals surface area contributed by atoms with Crippen LogP contribution in [0.25, 0.3) is 0 Å². The summed E-state index contributed by atoms with van der Waals surface area (Å²) >= 11 is 0. The molecular weight excluding hydrogens is 288 g/mol.